The van der Waals surface area contributed by atoms with Gasteiger partial charge in [0.1, 0.15) is 10.9 Å². The van der Waals surface area contributed by atoms with Crippen LogP contribution in [-0.2, 0) is 19.4 Å². The summed E-state index contributed by atoms with van der Waals surface area (Å²) in [5.41, 5.74) is 2.17. The van der Waals surface area contributed by atoms with Gasteiger partial charge in [-0.05, 0) is 26.3 Å². The summed E-state index contributed by atoms with van der Waals surface area (Å²) in [4.78, 5) is 24.7. The molecule has 0 bridgehead atoms. The van der Waals surface area contributed by atoms with Crippen molar-refractivity contribution >= 4 is 56.1 Å². The lowest BCUT2D eigenvalue weighted by molar-refractivity contribution is -0.140. The summed E-state index contributed by atoms with van der Waals surface area (Å²) in [5, 5.41) is 13.4. The van der Waals surface area contributed by atoms with Gasteiger partial charge in [0.05, 0.1) is 28.1 Å². The van der Waals surface area contributed by atoms with E-state index in [0.717, 1.165) is 27.9 Å². The fourth-order valence-corrected chi connectivity index (χ4v) is 6.04. The number of thioether (sulfide) groups is 1. The molecule has 1 unspecified atom stereocenters. The Bertz CT molecular complexity index is 948. The summed E-state index contributed by atoms with van der Waals surface area (Å²) in [6, 6.07) is -0.206. The second-order valence-electron chi connectivity index (χ2n) is 6.25. The predicted molar refractivity (Wildman–Crippen MR) is 102 cm³/mol. The highest BCUT2D eigenvalue weighted by molar-refractivity contribution is 8.26. The van der Waals surface area contributed by atoms with Crippen LogP contribution in [0.5, 0.6) is 0 Å². The van der Waals surface area contributed by atoms with Gasteiger partial charge in [0, 0.05) is 11.3 Å². The van der Waals surface area contributed by atoms with E-state index in [-0.39, 0.29) is 21.9 Å². The molecule has 1 amide bonds. The van der Waals surface area contributed by atoms with E-state index in [0.29, 0.717) is 17.0 Å². The Hall–Kier alpha value is -1.72. The first kappa shape index (κ1) is 19.1. The van der Waals surface area contributed by atoms with Crippen LogP contribution in [0.1, 0.15) is 29.4 Å². The smallest absolute Gasteiger partial charge is 0.323 e. The van der Waals surface area contributed by atoms with Gasteiger partial charge in [-0.25, -0.2) is 8.42 Å². The Morgan fingerprint density at radius 3 is 2.73 bits per heavy atom. The Morgan fingerprint density at radius 2 is 2.15 bits per heavy atom. The standard InChI is InChI=1S/C15H17N3O5S3/c1-8-11(5-12-14(21)17(6-13(19)20)15(24)25-12)9(2)18(16-8)10-3-4-26(22,23)7-10/h5,10H,3-4,6-7H2,1-2H3,(H,19,20)/b12-5+. The molecule has 11 heteroatoms. The molecule has 0 spiro atoms. The zero-order valence-corrected chi connectivity index (χ0v) is 16.6. The molecule has 1 aromatic heterocycles. The van der Waals surface area contributed by atoms with Crippen LogP contribution in [0.4, 0.5) is 0 Å². The maximum atomic E-state index is 12.4. The van der Waals surface area contributed by atoms with Crippen molar-refractivity contribution in [3.63, 3.8) is 0 Å². The highest BCUT2D eigenvalue weighted by Gasteiger charge is 2.35. The van der Waals surface area contributed by atoms with E-state index in [9.17, 15) is 18.0 Å². The highest BCUT2D eigenvalue weighted by atomic mass is 32.2. The van der Waals surface area contributed by atoms with Crippen LogP contribution in [0.15, 0.2) is 4.91 Å². The van der Waals surface area contributed by atoms with E-state index in [1.54, 1.807) is 17.7 Å². The molecule has 8 nitrogen and oxygen atoms in total. The largest absolute Gasteiger partial charge is 0.480 e. The minimum absolute atomic E-state index is 0.0646. The average molecular weight is 416 g/mol. The van der Waals surface area contributed by atoms with Crippen LogP contribution in [0.3, 0.4) is 0 Å². The van der Waals surface area contributed by atoms with Gasteiger partial charge in [0.25, 0.3) is 5.91 Å². The Labute approximate surface area is 160 Å². The molecule has 3 rings (SSSR count). The quantitative estimate of drug-likeness (QED) is 0.576. The fourth-order valence-electron chi connectivity index (χ4n) is 3.11. The van der Waals surface area contributed by atoms with Crippen molar-refractivity contribution in [2.45, 2.75) is 26.3 Å². The molecule has 2 saturated heterocycles. The first-order valence-corrected chi connectivity index (χ1v) is 10.9. The molecule has 0 aromatic carbocycles. The van der Waals surface area contributed by atoms with Crippen molar-refractivity contribution in [2.75, 3.05) is 18.1 Å². The number of carbonyl (C=O) groups is 2. The molecule has 1 aromatic rings. The van der Waals surface area contributed by atoms with Gasteiger partial charge in [0.15, 0.2) is 9.84 Å². The van der Waals surface area contributed by atoms with Crippen LogP contribution >= 0.6 is 24.0 Å². The monoisotopic (exact) mass is 415 g/mol. The fraction of sp³-hybridized carbons (Fsp3) is 0.467. The van der Waals surface area contributed by atoms with Crippen LogP contribution in [0, 0.1) is 13.8 Å². The lowest BCUT2D eigenvalue weighted by Gasteiger charge is -2.11. The van der Waals surface area contributed by atoms with E-state index < -0.39 is 28.3 Å². The highest BCUT2D eigenvalue weighted by Crippen LogP contribution is 2.34. The molecule has 0 aliphatic carbocycles. The summed E-state index contributed by atoms with van der Waals surface area (Å²) in [5.74, 6) is -1.36. The minimum Gasteiger partial charge on any atom is -0.480 e. The number of thiocarbonyl (C=S) groups is 1. The third-order valence-electron chi connectivity index (χ3n) is 4.38. The lowest BCUT2D eigenvalue weighted by atomic mass is 10.1. The van der Waals surface area contributed by atoms with Crippen molar-refractivity contribution in [1.29, 1.82) is 0 Å². The molecular weight excluding hydrogens is 398 g/mol. The number of carbonyl (C=O) groups excluding carboxylic acids is 1. The van der Waals surface area contributed by atoms with Gasteiger partial charge in [-0.3, -0.25) is 19.2 Å². The molecular formula is C15H17N3O5S3. The van der Waals surface area contributed by atoms with E-state index in [1.165, 1.54) is 0 Å². The summed E-state index contributed by atoms with van der Waals surface area (Å²) >= 11 is 6.14. The van der Waals surface area contributed by atoms with E-state index >= 15 is 0 Å². The zero-order chi connectivity index (χ0) is 19.2. The maximum Gasteiger partial charge on any atom is 0.323 e. The normalized spacial score (nSPS) is 24.0. The maximum absolute atomic E-state index is 12.4. The number of sulfone groups is 1. The second-order valence-corrected chi connectivity index (χ2v) is 10.2. The van der Waals surface area contributed by atoms with Crippen LogP contribution in [0.2, 0.25) is 0 Å². The minimum atomic E-state index is -3.04. The Morgan fingerprint density at radius 1 is 1.46 bits per heavy atom. The SMILES string of the molecule is Cc1nn(C2CCS(=O)(=O)C2)c(C)c1/C=C1/SC(=S)N(CC(=O)O)C1=O. The number of rotatable bonds is 4. The number of amides is 1. The van der Waals surface area contributed by atoms with Crippen molar-refractivity contribution in [3.8, 4) is 0 Å². The van der Waals surface area contributed by atoms with Crippen molar-refractivity contribution in [1.82, 2.24) is 14.7 Å². The van der Waals surface area contributed by atoms with E-state index in [4.69, 9.17) is 17.3 Å². The molecule has 0 saturated carbocycles. The third kappa shape index (κ3) is 3.55. The zero-order valence-electron chi connectivity index (χ0n) is 14.1. The summed E-state index contributed by atoms with van der Waals surface area (Å²) in [6.45, 7) is 3.14. The number of nitrogens with zero attached hydrogens (tertiary/aromatic N) is 3. The van der Waals surface area contributed by atoms with Crippen molar-refractivity contribution in [3.05, 3.63) is 21.9 Å². The topological polar surface area (TPSA) is 110 Å². The average Bonchev–Trinajstić information content (AvgIpc) is 3.12. The Balaban J connectivity index is 1.91. The van der Waals surface area contributed by atoms with Gasteiger partial charge >= 0.3 is 5.97 Å². The first-order chi connectivity index (χ1) is 12.1. The van der Waals surface area contributed by atoms with Crippen molar-refractivity contribution < 1.29 is 23.1 Å². The molecule has 2 fully saturated rings. The van der Waals surface area contributed by atoms with Crippen LogP contribution in [-0.4, -0.2) is 62.5 Å². The Kier molecular flexibility index (Phi) is 4.97. The first-order valence-electron chi connectivity index (χ1n) is 7.82. The number of carboxylic acid groups (broad SMARTS) is 1. The summed E-state index contributed by atoms with van der Waals surface area (Å²) < 4.78 is 25.4. The van der Waals surface area contributed by atoms with Gasteiger partial charge in [-0.2, -0.15) is 5.10 Å². The molecule has 1 N–H and O–H groups in total. The molecule has 1 atom stereocenters. The van der Waals surface area contributed by atoms with E-state index in [1.807, 2.05) is 6.92 Å². The van der Waals surface area contributed by atoms with Gasteiger partial charge in [-0.15, -0.1) is 0 Å². The van der Waals surface area contributed by atoms with Crippen molar-refractivity contribution in [2.24, 2.45) is 0 Å². The van der Waals surface area contributed by atoms with Gasteiger partial charge in [-0.1, -0.05) is 24.0 Å². The van der Waals surface area contributed by atoms with Gasteiger partial charge < -0.3 is 5.11 Å². The number of aryl methyl sites for hydroxylation is 1. The number of hydrogen-bond donors (Lipinski definition) is 1. The second kappa shape index (κ2) is 6.78. The van der Waals surface area contributed by atoms with Crippen LogP contribution < -0.4 is 0 Å². The molecule has 3 heterocycles. The molecule has 0 radical (unpaired) electrons. The van der Waals surface area contributed by atoms with Gasteiger partial charge in [0.2, 0.25) is 0 Å². The van der Waals surface area contributed by atoms with Crippen LogP contribution in [0.25, 0.3) is 6.08 Å². The predicted octanol–water partition coefficient (Wildman–Crippen LogP) is 1.15. The molecule has 2 aliphatic rings. The molecule has 26 heavy (non-hydrogen) atoms. The number of aliphatic carboxylic acids is 1. The summed E-state index contributed by atoms with van der Waals surface area (Å²) in [7, 11) is -3.04. The number of hydrogen-bond acceptors (Lipinski definition) is 7. The molecule has 2 aliphatic heterocycles. The summed E-state index contributed by atoms with van der Waals surface area (Å²) in [6.07, 6.45) is 2.17. The number of carboxylic acids is 1. The third-order valence-corrected chi connectivity index (χ3v) is 7.51. The lowest BCUT2D eigenvalue weighted by Crippen LogP contribution is -2.33. The number of aromatic nitrogens is 2. The van der Waals surface area contributed by atoms with E-state index in [2.05, 4.69) is 5.10 Å². The molecule has 140 valence electrons.